The number of hydrogen-bond donors (Lipinski definition) is 1. The number of carbonyl (C=O) groups excluding carboxylic acids is 2. The number of nitrogens with one attached hydrogen (secondary N) is 1. The molecule has 2 aliphatic rings. The molecular weight excluding hydrogens is 448 g/mol. The number of benzene rings is 2. The molecule has 2 aliphatic heterocycles. The van der Waals surface area contributed by atoms with Crippen LogP contribution in [0.2, 0.25) is 0 Å². The number of carbonyl (C=O) groups is 2. The molecule has 0 aliphatic carbocycles. The van der Waals surface area contributed by atoms with Crippen molar-refractivity contribution in [3.8, 4) is 10.6 Å². The largest absolute Gasteiger partial charge is 0.320 e. The lowest BCUT2D eigenvalue weighted by Gasteiger charge is -2.27. The second-order valence-corrected chi connectivity index (χ2v) is 11.1. The number of hydrazone groups is 1. The molecule has 0 saturated carbocycles. The standard InChI is InChI=1S/C22H20N4O4S2/c27-20-10-9-18(25-26(20)14-11-12-32(29,30)13-14)21(28)23-16-6-2-1-5-15(16)22-24-17-7-3-4-8-19(17)31-22/h1-8,14H,9-13H2,(H,23,28)/t14-/m0/s1. The Balaban J connectivity index is 1.40. The van der Waals surface area contributed by atoms with E-state index in [1.807, 2.05) is 42.5 Å². The van der Waals surface area contributed by atoms with Gasteiger partial charge in [0.05, 0.1) is 33.5 Å². The van der Waals surface area contributed by atoms with Gasteiger partial charge in [0.1, 0.15) is 10.7 Å². The summed E-state index contributed by atoms with van der Waals surface area (Å²) in [6.45, 7) is 0. The third-order valence-corrected chi connectivity index (χ3v) is 8.40. The minimum atomic E-state index is -3.17. The normalized spacial score (nSPS) is 20.4. The highest BCUT2D eigenvalue weighted by atomic mass is 32.2. The summed E-state index contributed by atoms with van der Waals surface area (Å²) in [4.78, 5) is 30.0. The van der Waals surface area contributed by atoms with Crippen LogP contribution in [0.3, 0.4) is 0 Å². The van der Waals surface area contributed by atoms with Gasteiger partial charge in [0.25, 0.3) is 5.91 Å². The first-order chi connectivity index (χ1) is 15.4. The predicted molar refractivity (Wildman–Crippen MR) is 124 cm³/mol. The smallest absolute Gasteiger partial charge is 0.271 e. The minimum Gasteiger partial charge on any atom is -0.320 e. The molecule has 0 spiro atoms. The number of rotatable bonds is 4. The Morgan fingerprint density at radius 2 is 1.88 bits per heavy atom. The number of sulfone groups is 1. The first-order valence-electron chi connectivity index (χ1n) is 10.3. The molecule has 3 heterocycles. The van der Waals surface area contributed by atoms with E-state index >= 15 is 0 Å². The zero-order valence-corrected chi connectivity index (χ0v) is 18.7. The van der Waals surface area contributed by atoms with E-state index in [0.29, 0.717) is 12.1 Å². The number of aromatic nitrogens is 1. The van der Waals surface area contributed by atoms with Crippen molar-refractivity contribution in [3.63, 3.8) is 0 Å². The van der Waals surface area contributed by atoms with Crippen molar-refractivity contribution >= 4 is 54.6 Å². The maximum atomic E-state index is 13.0. The molecule has 2 aromatic carbocycles. The highest BCUT2D eigenvalue weighted by Gasteiger charge is 2.37. The average molecular weight is 469 g/mol. The molecule has 164 valence electrons. The lowest BCUT2D eigenvalue weighted by molar-refractivity contribution is -0.133. The molecule has 0 radical (unpaired) electrons. The van der Waals surface area contributed by atoms with Crippen LogP contribution in [-0.2, 0) is 19.4 Å². The van der Waals surface area contributed by atoms with Gasteiger partial charge in [0.2, 0.25) is 5.91 Å². The van der Waals surface area contributed by atoms with E-state index < -0.39 is 21.8 Å². The second kappa shape index (κ2) is 8.10. The van der Waals surface area contributed by atoms with Gasteiger partial charge >= 0.3 is 0 Å². The van der Waals surface area contributed by atoms with Crippen LogP contribution in [0.25, 0.3) is 20.8 Å². The van der Waals surface area contributed by atoms with Gasteiger partial charge in [-0.15, -0.1) is 11.3 Å². The fraction of sp³-hybridized carbons (Fsp3) is 0.273. The van der Waals surface area contributed by atoms with Gasteiger partial charge in [0, 0.05) is 18.4 Å². The van der Waals surface area contributed by atoms with Crippen molar-refractivity contribution < 1.29 is 18.0 Å². The molecule has 32 heavy (non-hydrogen) atoms. The summed E-state index contributed by atoms with van der Waals surface area (Å²) in [5.41, 5.74) is 2.51. The Hall–Kier alpha value is -3.11. The Labute approximate surface area is 188 Å². The zero-order valence-electron chi connectivity index (χ0n) is 17.0. The van der Waals surface area contributed by atoms with Crippen molar-refractivity contribution in [2.75, 3.05) is 16.8 Å². The van der Waals surface area contributed by atoms with E-state index in [-0.39, 0.29) is 36.0 Å². The number of para-hydroxylation sites is 2. The number of amides is 2. The fourth-order valence-electron chi connectivity index (χ4n) is 3.95. The number of thiazole rings is 1. The molecule has 1 aromatic heterocycles. The molecule has 8 nitrogen and oxygen atoms in total. The molecule has 1 N–H and O–H groups in total. The van der Waals surface area contributed by atoms with Crippen LogP contribution in [0, 0.1) is 0 Å². The van der Waals surface area contributed by atoms with E-state index in [0.717, 1.165) is 20.8 Å². The summed E-state index contributed by atoms with van der Waals surface area (Å²) in [6.07, 6.45) is 0.680. The Morgan fingerprint density at radius 3 is 2.66 bits per heavy atom. The molecule has 1 fully saturated rings. The van der Waals surface area contributed by atoms with Gasteiger partial charge in [-0.25, -0.2) is 18.4 Å². The van der Waals surface area contributed by atoms with Gasteiger partial charge < -0.3 is 5.32 Å². The molecule has 5 rings (SSSR count). The average Bonchev–Trinajstić information content (AvgIpc) is 3.37. The maximum Gasteiger partial charge on any atom is 0.271 e. The van der Waals surface area contributed by atoms with Crippen molar-refractivity contribution in [3.05, 3.63) is 48.5 Å². The number of fused-ring (bicyclic) bond motifs is 1. The molecule has 2 amide bonds. The summed E-state index contributed by atoms with van der Waals surface area (Å²) >= 11 is 1.54. The number of hydrogen-bond acceptors (Lipinski definition) is 7. The molecule has 3 aromatic rings. The van der Waals surface area contributed by atoms with Crippen LogP contribution in [0.4, 0.5) is 5.69 Å². The Kier molecular flexibility index (Phi) is 5.26. The third-order valence-electron chi connectivity index (χ3n) is 5.58. The number of anilines is 1. The predicted octanol–water partition coefficient (Wildman–Crippen LogP) is 3.07. The lowest BCUT2D eigenvalue weighted by atomic mass is 10.1. The van der Waals surface area contributed by atoms with Crippen LogP contribution in [0.1, 0.15) is 19.3 Å². The highest BCUT2D eigenvalue weighted by molar-refractivity contribution is 7.91. The van der Waals surface area contributed by atoms with Crippen LogP contribution in [0.5, 0.6) is 0 Å². The minimum absolute atomic E-state index is 0.0358. The van der Waals surface area contributed by atoms with Gasteiger partial charge in [-0.2, -0.15) is 5.10 Å². The summed E-state index contributed by atoms with van der Waals surface area (Å²) in [6, 6.07) is 14.7. The summed E-state index contributed by atoms with van der Waals surface area (Å²) in [5, 5.41) is 9.15. The molecule has 1 saturated heterocycles. The van der Waals surface area contributed by atoms with Crippen LogP contribution >= 0.6 is 11.3 Å². The van der Waals surface area contributed by atoms with Gasteiger partial charge in [-0.1, -0.05) is 24.3 Å². The number of nitrogens with zero attached hydrogens (tertiary/aromatic N) is 3. The summed E-state index contributed by atoms with van der Waals surface area (Å²) in [7, 11) is -3.17. The summed E-state index contributed by atoms with van der Waals surface area (Å²) < 4.78 is 24.7. The van der Waals surface area contributed by atoms with Crippen LogP contribution in [-0.4, -0.2) is 53.5 Å². The molecule has 0 bridgehead atoms. The van der Waals surface area contributed by atoms with E-state index in [9.17, 15) is 18.0 Å². The van der Waals surface area contributed by atoms with Crippen LogP contribution in [0.15, 0.2) is 53.6 Å². The maximum absolute atomic E-state index is 13.0. The highest BCUT2D eigenvalue weighted by Crippen LogP contribution is 2.34. The van der Waals surface area contributed by atoms with E-state index in [1.54, 1.807) is 17.4 Å². The second-order valence-electron chi connectivity index (χ2n) is 7.83. The van der Waals surface area contributed by atoms with Gasteiger partial charge in [0.15, 0.2) is 9.84 Å². The molecule has 0 unspecified atom stereocenters. The van der Waals surface area contributed by atoms with Gasteiger partial charge in [-0.3, -0.25) is 9.59 Å². The molecule has 10 heteroatoms. The first-order valence-corrected chi connectivity index (χ1v) is 12.9. The van der Waals surface area contributed by atoms with Crippen molar-refractivity contribution in [2.45, 2.75) is 25.3 Å². The Morgan fingerprint density at radius 1 is 1.09 bits per heavy atom. The van der Waals surface area contributed by atoms with Crippen LogP contribution < -0.4 is 5.32 Å². The van der Waals surface area contributed by atoms with Crippen molar-refractivity contribution in [1.29, 1.82) is 0 Å². The van der Waals surface area contributed by atoms with Crippen molar-refractivity contribution in [1.82, 2.24) is 9.99 Å². The molecular formula is C22H20N4O4S2. The molecule has 1 atom stereocenters. The van der Waals surface area contributed by atoms with E-state index in [4.69, 9.17) is 0 Å². The Bertz CT molecular complexity index is 1330. The van der Waals surface area contributed by atoms with E-state index in [1.165, 1.54) is 5.01 Å². The topological polar surface area (TPSA) is 109 Å². The fourth-order valence-corrected chi connectivity index (χ4v) is 6.65. The van der Waals surface area contributed by atoms with E-state index in [2.05, 4.69) is 15.4 Å². The quantitative estimate of drug-likeness (QED) is 0.633. The SMILES string of the molecule is O=C(Nc1ccccc1-c1nc2ccccc2s1)C1=NN([C@H]2CCS(=O)(=O)C2)C(=O)CC1. The third kappa shape index (κ3) is 4.03. The monoisotopic (exact) mass is 468 g/mol. The zero-order chi connectivity index (χ0) is 22.3. The summed E-state index contributed by atoms with van der Waals surface area (Å²) in [5.74, 6) is -0.735. The van der Waals surface area contributed by atoms with Crippen molar-refractivity contribution in [2.24, 2.45) is 5.10 Å². The lowest BCUT2D eigenvalue weighted by Crippen LogP contribution is -2.42. The first kappa shape index (κ1) is 20.8. The van der Waals surface area contributed by atoms with Gasteiger partial charge in [-0.05, 0) is 30.7 Å².